The molecular formula is C32H44N2O3. The highest BCUT2D eigenvalue weighted by Crippen LogP contribution is 2.15. The minimum Gasteiger partial charge on any atom is -0.494 e. The van der Waals surface area contributed by atoms with Gasteiger partial charge in [-0.1, -0.05) is 76.4 Å². The van der Waals surface area contributed by atoms with Crippen molar-refractivity contribution >= 4 is 23.2 Å². The summed E-state index contributed by atoms with van der Waals surface area (Å²) in [6, 6.07) is 22.8. The van der Waals surface area contributed by atoms with Crippen LogP contribution in [0.3, 0.4) is 0 Å². The lowest BCUT2D eigenvalue weighted by Gasteiger charge is -2.08. The van der Waals surface area contributed by atoms with Crippen LogP contribution in [0.2, 0.25) is 0 Å². The van der Waals surface area contributed by atoms with Gasteiger partial charge in [0, 0.05) is 23.4 Å². The number of nitrogens with one attached hydrogen (secondary N) is 2. The van der Waals surface area contributed by atoms with Crippen molar-refractivity contribution in [2.75, 3.05) is 17.2 Å². The van der Waals surface area contributed by atoms with Gasteiger partial charge in [-0.25, -0.2) is 0 Å². The molecule has 37 heavy (non-hydrogen) atoms. The largest absolute Gasteiger partial charge is 0.494 e. The minimum absolute atomic E-state index is 0.0869. The van der Waals surface area contributed by atoms with E-state index >= 15 is 0 Å². The number of benzene rings is 3. The SMILES string of the molecule is CC.CCCCOc1ccc(C(=O)Nc2ccc(C)cc2)cc1.Cc1ccc(NC(=O)CC(C)C)cc1. The third kappa shape index (κ3) is 13.3. The summed E-state index contributed by atoms with van der Waals surface area (Å²) >= 11 is 0. The Morgan fingerprint density at radius 1 is 0.757 bits per heavy atom. The zero-order valence-corrected chi connectivity index (χ0v) is 23.6. The maximum atomic E-state index is 12.1. The van der Waals surface area contributed by atoms with Gasteiger partial charge >= 0.3 is 0 Å². The van der Waals surface area contributed by atoms with Crippen LogP contribution in [0.1, 0.15) is 75.4 Å². The van der Waals surface area contributed by atoms with Crippen molar-refractivity contribution in [1.82, 2.24) is 0 Å². The molecule has 0 fully saturated rings. The van der Waals surface area contributed by atoms with Crippen LogP contribution in [0, 0.1) is 19.8 Å². The van der Waals surface area contributed by atoms with E-state index in [0.29, 0.717) is 24.5 Å². The number of rotatable bonds is 9. The van der Waals surface area contributed by atoms with Crippen molar-refractivity contribution in [3.8, 4) is 5.75 Å². The minimum atomic E-state index is -0.112. The van der Waals surface area contributed by atoms with E-state index in [9.17, 15) is 9.59 Å². The highest BCUT2D eigenvalue weighted by molar-refractivity contribution is 6.04. The molecule has 2 amide bonds. The lowest BCUT2D eigenvalue weighted by Crippen LogP contribution is -2.13. The van der Waals surface area contributed by atoms with Gasteiger partial charge in [0.25, 0.3) is 5.91 Å². The molecule has 0 aliphatic heterocycles. The maximum absolute atomic E-state index is 12.1. The molecule has 200 valence electrons. The molecule has 0 heterocycles. The highest BCUT2D eigenvalue weighted by Gasteiger charge is 2.06. The smallest absolute Gasteiger partial charge is 0.255 e. The van der Waals surface area contributed by atoms with Crippen LogP contribution >= 0.6 is 0 Å². The van der Waals surface area contributed by atoms with Gasteiger partial charge in [-0.15, -0.1) is 0 Å². The Morgan fingerprint density at radius 3 is 1.70 bits per heavy atom. The molecule has 0 aromatic heterocycles. The summed E-state index contributed by atoms with van der Waals surface area (Å²) in [5.74, 6) is 1.18. The normalized spacial score (nSPS) is 9.84. The summed E-state index contributed by atoms with van der Waals surface area (Å²) in [7, 11) is 0. The van der Waals surface area contributed by atoms with Gasteiger partial charge in [-0.2, -0.15) is 0 Å². The van der Waals surface area contributed by atoms with Crippen molar-refractivity contribution in [2.45, 2.75) is 67.7 Å². The topological polar surface area (TPSA) is 67.4 Å². The van der Waals surface area contributed by atoms with Gasteiger partial charge in [-0.05, 0) is 74.7 Å². The van der Waals surface area contributed by atoms with Crippen LogP contribution in [0.25, 0.3) is 0 Å². The molecule has 0 bridgehead atoms. The molecule has 5 heteroatoms. The van der Waals surface area contributed by atoms with E-state index in [2.05, 4.69) is 17.6 Å². The molecule has 0 aliphatic rings. The van der Waals surface area contributed by atoms with E-state index in [-0.39, 0.29) is 11.8 Å². The molecule has 2 N–H and O–H groups in total. The lowest BCUT2D eigenvalue weighted by atomic mass is 10.1. The van der Waals surface area contributed by atoms with Gasteiger partial charge in [0.1, 0.15) is 5.75 Å². The highest BCUT2D eigenvalue weighted by atomic mass is 16.5. The number of aryl methyl sites for hydroxylation is 2. The summed E-state index contributed by atoms with van der Waals surface area (Å²) in [5.41, 5.74) is 4.67. The fraction of sp³-hybridized carbons (Fsp3) is 0.375. The standard InChI is InChI=1S/C18H21NO2.C12H17NO.C2H6/c1-3-4-13-21-17-11-7-15(8-12-17)18(20)19-16-9-5-14(2)6-10-16;1-9(2)8-12(14)13-11-6-4-10(3)5-7-11;1-2/h5-12H,3-4,13H2,1-2H3,(H,19,20);4-7,9H,8H2,1-3H3,(H,13,14);1-2H3. The number of carbonyl (C=O) groups excluding carboxylic acids is 2. The maximum Gasteiger partial charge on any atom is 0.255 e. The van der Waals surface area contributed by atoms with Crippen molar-refractivity contribution in [3.05, 3.63) is 89.5 Å². The quantitative estimate of drug-likeness (QED) is 0.287. The van der Waals surface area contributed by atoms with Gasteiger partial charge in [0.15, 0.2) is 0 Å². The van der Waals surface area contributed by atoms with E-state index < -0.39 is 0 Å². The molecule has 0 saturated carbocycles. The first-order valence-electron chi connectivity index (χ1n) is 13.2. The van der Waals surface area contributed by atoms with Crippen molar-refractivity contribution in [3.63, 3.8) is 0 Å². The first kappa shape index (κ1) is 31.4. The summed E-state index contributed by atoms with van der Waals surface area (Å²) in [6.45, 7) is 15.0. The predicted molar refractivity (Wildman–Crippen MR) is 157 cm³/mol. The van der Waals surface area contributed by atoms with E-state index in [1.807, 2.05) is 102 Å². The van der Waals surface area contributed by atoms with Crippen molar-refractivity contribution in [2.24, 2.45) is 5.92 Å². The van der Waals surface area contributed by atoms with Crippen molar-refractivity contribution < 1.29 is 14.3 Å². The molecule has 0 radical (unpaired) electrons. The third-order valence-electron chi connectivity index (χ3n) is 5.12. The second kappa shape index (κ2) is 17.8. The van der Waals surface area contributed by atoms with E-state index in [0.717, 1.165) is 30.0 Å². The monoisotopic (exact) mass is 504 g/mol. The molecule has 3 aromatic rings. The van der Waals surface area contributed by atoms with Crippen LogP contribution in [0.4, 0.5) is 11.4 Å². The number of carbonyl (C=O) groups is 2. The number of hydrogen-bond donors (Lipinski definition) is 2. The number of hydrogen-bond acceptors (Lipinski definition) is 3. The molecule has 0 spiro atoms. The third-order valence-corrected chi connectivity index (χ3v) is 5.12. The van der Waals surface area contributed by atoms with Gasteiger partial charge in [-0.3, -0.25) is 9.59 Å². The molecule has 5 nitrogen and oxygen atoms in total. The molecule has 0 aliphatic carbocycles. The molecular weight excluding hydrogens is 460 g/mol. The zero-order valence-electron chi connectivity index (χ0n) is 23.6. The average molecular weight is 505 g/mol. The van der Waals surface area contributed by atoms with Gasteiger partial charge in [0.05, 0.1) is 6.61 Å². The zero-order chi connectivity index (χ0) is 27.6. The fourth-order valence-electron chi connectivity index (χ4n) is 3.10. The van der Waals surface area contributed by atoms with Crippen LogP contribution < -0.4 is 15.4 Å². The number of amides is 2. The fourth-order valence-corrected chi connectivity index (χ4v) is 3.10. The van der Waals surface area contributed by atoms with E-state index in [4.69, 9.17) is 4.74 Å². The molecule has 3 rings (SSSR count). The number of unbranched alkanes of at least 4 members (excludes halogenated alkanes) is 1. The second-order valence-electron chi connectivity index (χ2n) is 9.06. The Balaban J connectivity index is 0.000000372. The summed E-state index contributed by atoms with van der Waals surface area (Å²) in [5, 5.41) is 5.74. The first-order chi connectivity index (χ1) is 17.8. The Bertz CT molecular complexity index is 1040. The molecule has 0 atom stereocenters. The Hall–Kier alpha value is -3.60. The van der Waals surface area contributed by atoms with E-state index in [1.165, 1.54) is 11.1 Å². The molecule has 0 unspecified atom stereocenters. The average Bonchev–Trinajstić information content (AvgIpc) is 2.88. The predicted octanol–water partition coefficient (Wildman–Crippen LogP) is 8.43. The van der Waals surface area contributed by atoms with Gasteiger partial charge in [0.2, 0.25) is 5.91 Å². The van der Waals surface area contributed by atoms with Crippen LogP contribution in [-0.2, 0) is 4.79 Å². The number of anilines is 2. The molecule has 0 saturated heterocycles. The van der Waals surface area contributed by atoms with Crippen LogP contribution in [0.5, 0.6) is 5.75 Å². The summed E-state index contributed by atoms with van der Waals surface area (Å²) in [6.07, 6.45) is 2.72. The Kier molecular flexibility index (Phi) is 15.1. The molecule has 3 aromatic carbocycles. The lowest BCUT2D eigenvalue weighted by molar-refractivity contribution is -0.116. The van der Waals surface area contributed by atoms with Gasteiger partial charge < -0.3 is 15.4 Å². The van der Waals surface area contributed by atoms with E-state index in [1.54, 1.807) is 12.1 Å². The summed E-state index contributed by atoms with van der Waals surface area (Å²) in [4.78, 5) is 23.5. The van der Waals surface area contributed by atoms with Crippen LogP contribution in [0.15, 0.2) is 72.8 Å². The summed E-state index contributed by atoms with van der Waals surface area (Å²) < 4.78 is 5.58. The number of ether oxygens (including phenoxy) is 1. The second-order valence-corrected chi connectivity index (χ2v) is 9.06. The van der Waals surface area contributed by atoms with Crippen LogP contribution in [-0.4, -0.2) is 18.4 Å². The van der Waals surface area contributed by atoms with Crippen molar-refractivity contribution in [1.29, 1.82) is 0 Å². The Labute approximate surface area is 223 Å². The first-order valence-corrected chi connectivity index (χ1v) is 13.2. The Morgan fingerprint density at radius 2 is 1.24 bits per heavy atom.